The van der Waals surface area contributed by atoms with Gasteiger partial charge in [-0.05, 0) is 40.8 Å². The van der Waals surface area contributed by atoms with Gasteiger partial charge in [0.25, 0.3) is 5.91 Å². The second-order valence-corrected chi connectivity index (χ2v) is 5.48. The number of aromatic nitrogens is 2. The Bertz CT molecular complexity index is 684. The third kappa shape index (κ3) is 3.79. The molecule has 2 aromatic rings. The number of nitrogens with two attached hydrogens (primary N) is 1. The van der Waals surface area contributed by atoms with Crippen molar-refractivity contribution in [2.24, 2.45) is 5.73 Å². The van der Waals surface area contributed by atoms with Gasteiger partial charge < -0.3 is 20.7 Å². The minimum Gasteiger partial charge on any atom is -0.478 e. The molecule has 1 aromatic carbocycles. The van der Waals surface area contributed by atoms with Crippen LogP contribution in [0.3, 0.4) is 0 Å². The van der Waals surface area contributed by atoms with E-state index < -0.39 is 11.9 Å². The van der Waals surface area contributed by atoms with Crippen molar-refractivity contribution in [3.63, 3.8) is 0 Å². The molecule has 0 aliphatic carbocycles. The first kappa shape index (κ1) is 15.4. The molecule has 0 bridgehead atoms. The molecular formula is C13H13IN4O3. The summed E-state index contributed by atoms with van der Waals surface area (Å²) in [7, 11) is 0. The molecule has 4 N–H and O–H groups in total. The summed E-state index contributed by atoms with van der Waals surface area (Å²) >= 11 is 2.01. The molecule has 0 saturated heterocycles. The average Bonchev–Trinajstić information content (AvgIpc) is 2.89. The number of amides is 1. The monoisotopic (exact) mass is 400 g/mol. The summed E-state index contributed by atoms with van der Waals surface area (Å²) in [5.41, 5.74) is 5.90. The van der Waals surface area contributed by atoms with E-state index in [2.05, 4.69) is 10.3 Å². The maximum absolute atomic E-state index is 12.1. The normalized spacial score (nSPS) is 10.4. The number of rotatable bonds is 5. The van der Waals surface area contributed by atoms with Crippen LogP contribution in [0.5, 0.6) is 0 Å². The summed E-state index contributed by atoms with van der Waals surface area (Å²) in [6, 6.07) is 4.77. The zero-order valence-corrected chi connectivity index (χ0v) is 13.1. The van der Waals surface area contributed by atoms with Gasteiger partial charge in [-0.2, -0.15) is 0 Å². The molecular weight excluding hydrogens is 387 g/mol. The van der Waals surface area contributed by atoms with Crippen molar-refractivity contribution in [1.82, 2.24) is 9.55 Å². The number of nitrogens with one attached hydrogen (secondary N) is 1. The lowest BCUT2D eigenvalue weighted by molar-refractivity contribution is 0.0698. The van der Waals surface area contributed by atoms with Gasteiger partial charge in [-0.3, -0.25) is 4.79 Å². The Kier molecular flexibility index (Phi) is 4.91. The number of carbonyl (C=O) groups excluding carboxylic acids is 1. The summed E-state index contributed by atoms with van der Waals surface area (Å²) in [5, 5.41) is 11.7. The fourth-order valence-corrected chi connectivity index (χ4v) is 2.23. The lowest BCUT2D eigenvalue weighted by Crippen LogP contribution is -2.15. The van der Waals surface area contributed by atoms with Gasteiger partial charge in [-0.25, -0.2) is 9.78 Å². The van der Waals surface area contributed by atoms with E-state index in [1.54, 1.807) is 22.9 Å². The van der Waals surface area contributed by atoms with Crippen molar-refractivity contribution >= 4 is 40.2 Å². The molecule has 0 fully saturated rings. The zero-order chi connectivity index (χ0) is 15.4. The van der Waals surface area contributed by atoms with Crippen molar-refractivity contribution in [2.45, 2.75) is 6.54 Å². The Balaban J connectivity index is 2.20. The zero-order valence-electron chi connectivity index (χ0n) is 10.9. The molecule has 0 atom stereocenters. The van der Waals surface area contributed by atoms with Crippen LogP contribution in [0.2, 0.25) is 0 Å². The predicted octanol–water partition coefficient (Wildman–Crippen LogP) is 1.40. The number of anilines is 1. The first-order chi connectivity index (χ1) is 10.0. The van der Waals surface area contributed by atoms with Crippen LogP contribution in [0.25, 0.3) is 0 Å². The molecule has 0 aliphatic heterocycles. The largest absolute Gasteiger partial charge is 0.478 e. The Hall–Kier alpha value is -1.94. The van der Waals surface area contributed by atoms with Crippen LogP contribution in [0, 0.1) is 3.57 Å². The third-order valence-electron chi connectivity index (χ3n) is 2.71. The van der Waals surface area contributed by atoms with Crippen LogP contribution in [-0.2, 0) is 6.54 Å². The SMILES string of the molecule is NCCn1cnc(C(=O)Nc2ccc(I)cc2C(=O)O)c1. The number of nitrogens with zero attached hydrogens (tertiary/aromatic N) is 2. The van der Waals surface area contributed by atoms with Gasteiger partial charge in [0, 0.05) is 22.9 Å². The molecule has 0 saturated carbocycles. The average molecular weight is 400 g/mol. The highest BCUT2D eigenvalue weighted by Crippen LogP contribution is 2.19. The molecule has 1 amide bonds. The molecule has 0 spiro atoms. The highest BCUT2D eigenvalue weighted by atomic mass is 127. The van der Waals surface area contributed by atoms with Crippen LogP contribution in [0.1, 0.15) is 20.8 Å². The molecule has 1 heterocycles. The van der Waals surface area contributed by atoms with Crippen LogP contribution in [0.4, 0.5) is 5.69 Å². The molecule has 0 unspecified atom stereocenters. The van der Waals surface area contributed by atoms with Gasteiger partial charge in [0.05, 0.1) is 17.6 Å². The van der Waals surface area contributed by atoms with Crippen molar-refractivity contribution < 1.29 is 14.7 Å². The standard InChI is InChI=1S/C13H13IN4O3/c14-8-1-2-10(9(5-8)13(20)21)17-12(19)11-6-18(4-3-15)7-16-11/h1-2,5-7H,3-4,15H2,(H,17,19)(H,20,21). The van der Waals surface area contributed by atoms with E-state index in [1.165, 1.54) is 12.4 Å². The van der Waals surface area contributed by atoms with Gasteiger partial charge in [-0.1, -0.05) is 0 Å². The minimum atomic E-state index is -1.10. The maximum atomic E-state index is 12.1. The van der Waals surface area contributed by atoms with E-state index in [9.17, 15) is 9.59 Å². The second-order valence-electron chi connectivity index (χ2n) is 4.23. The van der Waals surface area contributed by atoms with Crippen LogP contribution < -0.4 is 11.1 Å². The molecule has 8 heteroatoms. The minimum absolute atomic E-state index is 0.0386. The lowest BCUT2D eigenvalue weighted by Gasteiger charge is -2.07. The molecule has 21 heavy (non-hydrogen) atoms. The number of carboxylic acid groups (broad SMARTS) is 1. The van der Waals surface area contributed by atoms with Crippen LogP contribution >= 0.6 is 22.6 Å². The predicted molar refractivity (Wildman–Crippen MR) is 85.4 cm³/mol. The van der Waals surface area contributed by atoms with Crippen LogP contribution in [0.15, 0.2) is 30.7 Å². The van der Waals surface area contributed by atoms with Gasteiger partial charge in [0.2, 0.25) is 0 Å². The molecule has 0 radical (unpaired) electrons. The number of hydrogen-bond donors (Lipinski definition) is 3. The van der Waals surface area contributed by atoms with E-state index >= 15 is 0 Å². The molecule has 110 valence electrons. The van der Waals surface area contributed by atoms with E-state index in [4.69, 9.17) is 10.8 Å². The second kappa shape index (κ2) is 6.68. The van der Waals surface area contributed by atoms with E-state index in [0.29, 0.717) is 13.1 Å². The summed E-state index contributed by atoms with van der Waals surface area (Å²) in [5.74, 6) is -1.56. The highest BCUT2D eigenvalue weighted by molar-refractivity contribution is 14.1. The summed E-state index contributed by atoms with van der Waals surface area (Å²) < 4.78 is 2.47. The number of carbonyl (C=O) groups is 2. The van der Waals surface area contributed by atoms with Crippen LogP contribution in [-0.4, -0.2) is 33.1 Å². The van der Waals surface area contributed by atoms with Gasteiger partial charge >= 0.3 is 5.97 Å². The summed E-state index contributed by atoms with van der Waals surface area (Å²) in [6.45, 7) is 1.00. The molecule has 7 nitrogen and oxygen atoms in total. The lowest BCUT2D eigenvalue weighted by atomic mass is 10.2. The fraction of sp³-hybridized carbons (Fsp3) is 0.154. The first-order valence-electron chi connectivity index (χ1n) is 6.07. The summed E-state index contributed by atoms with van der Waals surface area (Å²) in [4.78, 5) is 27.2. The Morgan fingerprint density at radius 1 is 1.43 bits per heavy atom. The van der Waals surface area contributed by atoms with Crippen molar-refractivity contribution in [2.75, 3.05) is 11.9 Å². The van der Waals surface area contributed by atoms with E-state index in [1.807, 2.05) is 22.6 Å². The molecule has 0 aliphatic rings. The van der Waals surface area contributed by atoms with Crippen molar-refractivity contribution in [3.8, 4) is 0 Å². The first-order valence-corrected chi connectivity index (χ1v) is 7.15. The smallest absolute Gasteiger partial charge is 0.337 e. The number of hydrogen-bond acceptors (Lipinski definition) is 4. The van der Waals surface area contributed by atoms with Crippen molar-refractivity contribution in [3.05, 3.63) is 45.6 Å². The number of imidazole rings is 1. The van der Waals surface area contributed by atoms with E-state index in [0.717, 1.165) is 3.57 Å². The van der Waals surface area contributed by atoms with E-state index in [-0.39, 0.29) is 16.9 Å². The quantitative estimate of drug-likeness (QED) is 0.658. The Morgan fingerprint density at radius 2 is 2.19 bits per heavy atom. The number of benzene rings is 1. The van der Waals surface area contributed by atoms with Gasteiger partial charge in [-0.15, -0.1) is 0 Å². The highest BCUT2D eigenvalue weighted by Gasteiger charge is 2.15. The molecule has 1 aromatic heterocycles. The maximum Gasteiger partial charge on any atom is 0.337 e. The summed E-state index contributed by atoms with van der Waals surface area (Å²) in [6.07, 6.45) is 3.07. The molecule has 2 rings (SSSR count). The number of aromatic carboxylic acids is 1. The Labute approximate surface area is 134 Å². The van der Waals surface area contributed by atoms with Gasteiger partial charge in [0.1, 0.15) is 5.69 Å². The number of halogens is 1. The number of carboxylic acids is 1. The topological polar surface area (TPSA) is 110 Å². The Morgan fingerprint density at radius 3 is 2.86 bits per heavy atom. The third-order valence-corrected chi connectivity index (χ3v) is 3.38. The fourth-order valence-electron chi connectivity index (χ4n) is 1.74. The van der Waals surface area contributed by atoms with Gasteiger partial charge in [0.15, 0.2) is 0 Å². The van der Waals surface area contributed by atoms with Crippen molar-refractivity contribution in [1.29, 1.82) is 0 Å².